The molecule has 1 rings (SSSR count). The number of hydrogen-bond donors (Lipinski definition) is 2. The van der Waals surface area contributed by atoms with Crippen molar-refractivity contribution in [2.75, 3.05) is 25.0 Å². The molecule has 0 saturated heterocycles. The Labute approximate surface area is 116 Å². The molecule has 0 aliphatic rings. The highest BCUT2D eigenvalue weighted by atomic mass is 16.2. The van der Waals surface area contributed by atoms with Crippen molar-refractivity contribution in [2.45, 2.75) is 33.7 Å². The van der Waals surface area contributed by atoms with E-state index in [1.807, 2.05) is 38.1 Å². The zero-order valence-corrected chi connectivity index (χ0v) is 12.4. The molecule has 0 heterocycles. The van der Waals surface area contributed by atoms with Gasteiger partial charge in [0.05, 0.1) is 0 Å². The van der Waals surface area contributed by atoms with Gasteiger partial charge in [0.25, 0.3) is 0 Å². The van der Waals surface area contributed by atoms with E-state index in [1.165, 1.54) is 0 Å². The van der Waals surface area contributed by atoms with Crippen molar-refractivity contribution in [3.05, 3.63) is 29.8 Å². The smallest absolute Gasteiger partial charge is 0.321 e. The molecular formula is C15H25N3O. The minimum Gasteiger partial charge on any atom is -0.325 e. The van der Waals surface area contributed by atoms with Gasteiger partial charge in [0.2, 0.25) is 0 Å². The summed E-state index contributed by atoms with van der Waals surface area (Å²) in [5.74, 6) is 0. The van der Waals surface area contributed by atoms with Gasteiger partial charge < -0.3 is 15.5 Å². The number of urea groups is 1. The molecule has 0 spiro atoms. The molecule has 1 aromatic rings. The van der Waals surface area contributed by atoms with E-state index in [0.717, 1.165) is 17.8 Å². The molecule has 1 atom stereocenters. The van der Waals surface area contributed by atoms with Crippen LogP contribution >= 0.6 is 0 Å². The Bertz CT molecular complexity index is 402. The lowest BCUT2D eigenvalue weighted by atomic mass is 10.1. The fourth-order valence-corrected chi connectivity index (χ4v) is 2.11. The van der Waals surface area contributed by atoms with Gasteiger partial charge in [-0.2, -0.15) is 0 Å². The fraction of sp³-hybridized carbons (Fsp3) is 0.533. The van der Waals surface area contributed by atoms with Gasteiger partial charge in [0, 0.05) is 24.8 Å². The van der Waals surface area contributed by atoms with Gasteiger partial charge in [-0.15, -0.1) is 0 Å². The van der Waals surface area contributed by atoms with E-state index < -0.39 is 0 Å². The normalized spacial score (nSPS) is 12.0. The molecule has 1 aromatic carbocycles. The SMILES string of the molecule is CCNC(C)c1ccccc1NC(=O)N(CC)CC. The summed E-state index contributed by atoms with van der Waals surface area (Å²) in [6, 6.07) is 8.12. The first-order valence-corrected chi connectivity index (χ1v) is 7.02. The molecule has 19 heavy (non-hydrogen) atoms. The zero-order valence-electron chi connectivity index (χ0n) is 12.4. The third kappa shape index (κ3) is 4.24. The molecule has 106 valence electrons. The number of para-hydroxylation sites is 1. The van der Waals surface area contributed by atoms with Crippen LogP contribution in [-0.4, -0.2) is 30.6 Å². The molecule has 0 aliphatic carbocycles. The fourth-order valence-electron chi connectivity index (χ4n) is 2.11. The molecule has 0 radical (unpaired) electrons. The third-order valence-corrected chi connectivity index (χ3v) is 3.23. The van der Waals surface area contributed by atoms with Crippen molar-refractivity contribution < 1.29 is 4.79 Å². The van der Waals surface area contributed by atoms with Crippen molar-refractivity contribution in [3.63, 3.8) is 0 Å². The number of carbonyl (C=O) groups is 1. The Kier molecular flexibility index (Phi) is 6.36. The van der Waals surface area contributed by atoms with Crippen molar-refractivity contribution in [3.8, 4) is 0 Å². The molecule has 1 unspecified atom stereocenters. The van der Waals surface area contributed by atoms with Crippen molar-refractivity contribution in [1.29, 1.82) is 0 Å². The lowest BCUT2D eigenvalue weighted by molar-refractivity contribution is 0.217. The number of amides is 2. The van der Waals surface area contributed by atoms with E-state index in [1.54, 1.807) is 4.90 Å². The largest absolute Gasteiger partial charge is 0.325 e. The zero-order chi connectivity index (χ0) is 14.3. The highest BCUT2D eigenvalue weighted by Gasteiger charge is 2.14. The van der Waals surface area contributed by atoms with Gasteiger partial charge in [-0.05, 0) is 38.9 Å². The molecule has 0 bridgehead atoms. The summed E-state index contributed by atoms with van der Waals surface area (Å²) in [6.45, 7) is 10.5. The Hall–Kier alpha value is -1.55. The second-order valence-corrected chi connectivity index (χ2v) is 4.47. The van der Waals surface area contributed by atoms with Gasteiger partial charge in [-0.1, -0.05) is 25.1 Å². The maximum absolute atomic E-state index is 12.1. The van der Waals surface area contributed by atoms with Crippen LogP contribution in [0.2, 0.25) is 0 Å². The number of hydrogen-bond acceptors (Lipinski definition) is 2. The third-order valence-electron chi connectivity index (χ3n) is 3.23. The quantitative estimate of drug-likeness (QED) is 0.827. The summed E-state index contributed by atoms with van der Waals surface area (Å²) in [5, 5.41) is 6.37. The molecule has 2 N–H and O–H groups in total. The Morgan fingerprint density at radius 2 is 1.84 bits per heavy atom. The Morgan fingerprint density at radius 1 is 1.21 bits per heavy atom. The van der Waals surface area contributed by atoms with Crippen LogP contribution in [0, 0.1) is 0 Å². The molecule has 0 fully saturated rings. The topological polar surface area (TPSA) is 44.4 Å². The lowest BCUT2D eigenvalue weighted by Crippen LogP contribution is -2.35. The average molecular weight is 263 g/mol. The number of nitrogens with zero attached hydrogens (tertiary/aromatic N) is 1. The molecule has 4 heteroatoms. The summed E-state index contributed by atoms with van der Waals surface area (Å²) in [4.78, 5) is 13.9. The summed E-state index contributed by atoms with van der Waals surface area (Å²) in [6.07, 6.45) is 0. The predicted octanol–water partition coefficient (Wildman–Crippen LogP) is 3.23. The summed E-state index contributed by atoms with van der Waals surface area (Å²) in [7, 11) is 0. The highest BCUT2D eigenvalue weighted by molar-refractivity contribution is 5.90. The van der Waals surface area contributed by atoms with Crippen LogP contribution in [0.15, 0.2) is 24.3 Å². The van der Waals surface area contributed by atoms with E-state index >= 15 is 0 Å². The van der Waals surface area contributed by atoms with Gasteiger partial charge in [0.15, 0.2) is 0 Å². The van der Waals surface area contributed by atoms with Crippen LogP contribution in [0.25, 0.3) is 0 Å². The number of carbonyl (C=O) groups excluding carboxylic acids is 1. The maximum Gasteiger partial charge on any atom is 0.321 e. The molecule has 0 saturated carbocycles. The summed E-state index contributed by atoms with van der Waals surface area (Å²) in [5.41, 5.74) is 2.00. The van der Waals surface area contributed by atoms with Crippen LogP contribution in [-0.2, 0) is 0 Å². The number of anilines is 1. The van der Waals surface area contributed by atoms with E-state index in [-0.39, 0.29) is 12.1 Å². The molecule has 4 nitrogen and oxygen atoms in total. The predicted molar refractivity (Wildman–Crippen MR) is 80.5 cm³/mol. The minimum atomic E-state index is -0.0406. The number of rotatable bonds is 6. The van der Waals surface area contributed by atoms with Crippen LogP contribution in [0.4, 0.5) is 10.5 Å². The highest BCUT2D eigenvalue weighted by Crippen LogP contribution is 2.22. The lowest BCUT2D eigenvalue weighted by Gasteiger charge is -2.22. The number of nitrogens with one attached hydrogen (secondary N) is 2. The van der Waals surface area contributed by atoms with Gasteiger partial charge in [-0.25, -0.2) is 4.79 Å². The van der Waals surface area contributed by atoms with Crippen LogP contribution in [0.5, 0.6) is 0 Å². The first-order valence-electron chi connectivity index (χ1n) is 7.02. The Morgan fingerprint density at radius 3 is 2.42 bits per heavy atom. The standard InChI is InChI=1S/C15H25N3O/c1-5-16-12(4)13-10-8-9-11-14(13)17-15(19)18(6-2)7-3/h8-12,16H,5-7H2,1-4H3,(H,17,19). The number of benzene rings is 1. The van der Waals surface area contributed by atoms with Crippen LogP contribution in [0.3, 0.4) is 0 Å². The van der Waals surface area contributed by atoms with Crippen molar-refractivity contribution >= 4 is 11.7 Å². The van der Waals surface area contributed by atoms with Gasteiger partial charge >= 0.3 is 6.03 Å². The molecular weight excluding hydrogens is 238 g/mol. The second kappa shape index (κ2) is 7.79. The van der Waals surface area contributed by atoms with Crippen LogP contribution < -0.4 is 10.6 Å². The van der Waals surface area contributed by atoms with Crippen molar-refractivity contribution in [1.82, 2.24) is 10.2 Å². The maximum atomic E-state index is 12.1. The first kappa shape index (κ1) is 15.5. The second-order valence-electron chi connectivity index (χ2n) is 4.47. The van der Waals surface area contributed by atoms with Gasteiger partial charge in [0.1, 0.15) is 0 Å². The van der Waals surface area contributed by atoms with E-state index in [4.69, 9.17) is 0 Å². The monoisotopic (exact) mass is 263 g/mol. The molecule has 2 amide bonds. The Balaban J connectivity index is 2.86. The average Bonchev–Trinajstić information content (AvgIpc) is 2.41. The summed E-state index contributed by atoms with van der Waals surface area (Å²) < 4.78 is 0. The van der Waals surface area contributed by atoms with Gasteiger partial charge in [-0.3, -0.25) is 0 Å². The van der Waals surface area contributed by atoms with Crippen molar-refractivity contribution in [2.24, 2.45) is 0 Å². The van der Waals surface area contributed by atoms with E-state index in [9.17, 15) is 4.79 Å². The molecule has 0 aliphatic heterocycles. The first-order chi connectivity index (χ1) is 9.13. The summed E-state index contributed by atoms with van der Waals surface area (Å²) >= 11 is 0. The van der Waals surface area contributed by atoms with E-state index in [0.29, 0.717) is 13.1 Å². The minimum absolute atomic E-state index is 0.0406. The van der Waals surface area contributed by atoms with Crippen LogP contribution in [0.1, 0.15) is 39.3 Å². The molecule has 0 aromatic heterocycles. The van der Waals surface area contributed by atoms with E-state index in [2.05, 4.69) is 24.5 Å².